The van der Waals surface area contributed by atoms with Crippen LogP contribution < -0.4 is 10.6 Å². The fourth-order valence-electron chi connectivity index (χ4n) is 1.80. The average molecular weight is 252 g/mol. The minimum absolute atomic E-state index is 0.0810. The maximum Gasteiger partial charge on any atom is 0.136 e. The van der Waals surface area contributed by atoms with Gasteiger partial charge < -0.3 is 15.7 Å². The molecule has 1 aromatic carbocycles. The Morgan fingerprint density at radius 3 is 2.82 bits per heavy atom. The van der Waals surface area contributed by atoms with Crippen molar-refractivity contribution in [2.45, 2.75) is 0 Å². The number of nitrogens with zero attached hydrogens (tertiary/aromatic N) is 2. The van der Waals surface area contributed by atoms with Crippen LogP contribution in [0.15, 0.2) is 24.4 Å². The van der Waals surface area contributed by atoms with Crippen LogP contribution in [-0.4, -0.2) is 30.3 Å². The van der Waals surface area contributed by atoms with Gasteiger partial charge in [-0.25, -0.2) is 4.98 Å². The predicted octanol–water partition coefficient (Wildman–Crippen LogP) is 1.90. The largest absolute Gasteiger partial charge is 0.397 e. The van der Waals surface area contributed by atoms with E-state index in [2.05, 4.69) is 4.98 Å². The molecule has 4 nitrogen and oxygen atoms in total. The summed E-state index contributed by atoms with van der Waals surface area (Å²) in [5, 5.41) is 11.3. The molecule has 3 N–H and O–H groups in total. The molecular weight excluding hydrogens is 238 g/mol. The van der Waals surface area contributed by atoms with Gasteiger partial charge >= 0.3 is 0 Å². The van der Waals surface area contributed by atoms with Crippen molar-refractivity contribution in [3.05, 3.63) is 29.4 Å². The fourth-order valence-corrected chi connectivity index (χ4v) is 1.96. The third-order valence-corrected chi connectivity index (χ3v) is 3.04. The maximum absolute atomic E-state index is 8.95. The van der Waals surface area contributed by atoms with Crippen molar-refractivity contribution in [3.8, 4) is 0 Å². The lowest BCUT2D eigenvalue weighted by Gasteiger charge is -2.19. The minimum atomic E-state index is 0.0810. The van der Waals surface area contributed by atoms with E-state index in [9.17, 15) is 0 Å². The number of likely N-dealkylation sites (N-methyl/N-ethyl adjacent to an activating group) is 1. The van der Waals surface area contributed by atoms with E-state index in [0.29, 0.717) is 17.3 Å². The smallest absolute Gasteiger partial charge is 0.136 e. The molecule has 1 aromatic heterocycles. The molecule has 0 radical (unpaired) electrons. The summed E-state index contributed by atoms with van der Waals surface area (Å²) >= 11 is 5.98. The summed E-state index contributed by atoms with van der Waals surface area (Å²) in [5.41, 5.74) is 6.49. The highest BCUT2D eigenvalue weighted by Gasteiger charge is 2.10. The van der Waals surface area contributed by atoms with Crippen molar-refractivity contribution in [1.29, 1.82) is 0 Å². The molecule has 0 aliphatic carbocycles. The highest BCUT2D eigenvalue weighted by atomic mass is 35.5. The number of rotatable bonds is 3. The number of hydrogen-bond acceptors (Lipinski definition) is 4. The number of aliphatic hydroxyl groups is 1. The molecule has 0 fully saturated rings. The lowest BCUT2D eigenvalue weighted by atomic mass is 10.1. The molecule has 17 heavy (non-hydrogen) atoms. The summed E-state index contributed by atoms with van der Waals surface area (Å²) in [7, 11) is 1.88. The summed E-state index contributed by atoms with van der Waals surface area (Å²) in [6, 6.07) is 5.49. The molecule has 0 aliphatic heterocycles. The Kier molecular flexibility index (Phi) is 3.36. The zero-order chi connectivity index (χ0) is 12.4. The van der Waals surface area contributed by atoms with E-state index in [-0.39, 0.29) is 6.61 Å². The summed E-state index contributed by atoms with van der Waals surface area (Å²) in [6.07, 6.45) is 1.69. The van der Waals surface area contributed by atoms with Crippen LogP contribution in [0.5, 0.6) is 0 Å². The fraction of sp³-hybridized carbons (Fsp3) is 0.250. The molecule has 2 aromatic rings. The Bertz CT molecular complexity index is 545. The van der Waals surface area contributed by atoms with Gasteiger partial charge in [-0.15, -0.1) is 0 Å². The third kappa shape index (κ3) is 2.14. The quantitative estimate of drug-likeness (QED) is 0.818. The maximum atomic E-state index is 8.95. The number of aliphatic hydroxyl groups excluding tert-OH is 1. The van der Waals surface area contributed by atoms with Crippen molar-refractivity contribution in [2.24, 2.45) is 0 Å². The summed E-state index contributed by atoms with van der Waals surface area (Å²) in [4.78, 5) is 6.20. The van der Waals surface area contributed by atoms with Crippen molar-refractivity contribution >= 4 is 33.9 Å². The molecule has 0 aliphatic rings. The van der Waals surface area contributed by atoms with E-state index < -0.39 is 0 Å². The SMILES string of the molecule is CN(CCO)c1nccc2c(N)c(Cl)ccc12. The standard InChI is InChI=1S/C12H14ClN3O/c1-16(6-7-17)12-9-2-3-10(13)11(14)8(9)4-5-15-12/h2-5,17H,6-7,14H2,1H3. The molecule has 2 rings (SSSR count). The van der Waals surface area contributed by atoms with Crippen molar-refractivity contribution in [2.75, 3.05) is 30.8 Å². The van der Waals surface area contributed by atoms with Gasteiger partial charge in [0.15, 0.2) is 0 Å². The number of nitrogen functional groups attached to an aromatic ring is 1. The van der Waals surface area contributed by atoms with Crippen LogP contribution in [0, 0.1) is 0 Å². The number of fused-ring (bicyclic) bond motifs is 1. The van der Waals surface area contributed by atoms with E-state index in [0.717, 1.165) is 16.6 Å². The number of anilines is 2. The van der Waals surface area contributed by atoms with Crippen LogP contribution in [0.25, 0.3) is 10.8 Å². The van der Waals surface area contributed by atoms with E-state index in [1.165, 1.54) is 0 Å². The van der Waals surface area contributed by atoms with E-state index in [1.807, 2.05) is 24.1 Å². The molecule has 0 bridgehead atoms. The first-order valence-corrected chi connectivity index (χ1v) is 5.67. The topological polar surface area (TPSA) is 62.4 Å². The van der Waals surface area contributed by atoms with Crippen LogP contribution in [0.3, 0.4) is 0 Å². The predicted molar refractivity (Wildman–Crippen MR) is 71.5 cm³/mol. The van der Waals surface area contributed by atoms with Gasteiger partial charge in [0.25, 0.3) is 0 Å². The van der Waals surface area contributed by atoms with Gasteiger partial charge in [0.2, 0.25) is 0 Å². The van der Waals surface area contributed by atoms with Gasteiger partial charge in [-0.05, 0) is 18.2 Å². The van der Waals surface area contributed by atoms with E-state index >= 15 is 0 Å². The lowest BCUT2D eigenvalue weighted by molar-refractivity contribution is 0.304. The molecule has 1 heterocycles. The molecule has 0 atom stereocenters. The molecular formula is C12H14ClN3O. The van der Waals surface area contributed by atoms with Crippen molar-refractivity contribution in [1.82, 2.24) is 4.98 Å². The highest BCUT2D eigenvalue weighted by Crippen LogP contribution is 2.32. The van der Waals surface area contributed by atoms with Crippen molar-refractivity contribution < 1.29 is 5.11 Å². The Balaban J connectivity index is 2.62. The Hall–Kier alpha value is -1.52. The monoisotopic (exact) mass is 251 g/mol. The van der Waals surface area contributed by atoms with Crippen molar-refractivity contribution in [3.63, 3.8) is 0 Å². The zero-order valence-corrected chi connectivity index (χ0v) is 10.3. The number of pyridine rings is 1. The zero-order valence-electron chi connectivity index (χ0n) is 9.52. The van der Waals surface area contributed by atoms with Gasteiger partial charge in [0.1, 0.15) is 5.82 Å². The summed E-state index contributed by atoms with van der Waals surface area (Å²) in [6.45, 7) is 0.603. The van der Waals surface area contributed by atoms with Crippen LogP contribution in [0.1, 0.15) is 0 Å². The number of hydrogen-bond donors (Lipinski definition) is 2. The third-order valence-electron chi connectivity index (χ3n) is 2.71. The van der Waals surface area contributed by atoms with Gasteiger partial charge in [0.05, 0.1) is 17.3 Å². The van der Waals surface area contributed by atoms with Crippen LogP contribution in [-0.2, 0) is 0 Å². The Labute approximate surface area is 105 Å². The molecule has 0 amide bonds. The van der Waals surface area contributed by atoms with E-state index in [1.54, 1.807) is 12.3 Å². The van der Waals surface area contributed by atoms with Gasteiger partial charge in [-0.2, -0.15) is 0 Å². The first kappa shape index (κ1) is 12.0. The summed E-state index contributed by atoms with van der Waals surface area (Å²) in [5.74, 6) is 0.792. The van der Waals surface area contributed by atoms with Crippen LogP contribution >= 0.6 is 11.6 Å². The number of benzene rings is 1. The first-order valence-electron chi connectivity index (χ1n) is 5.30. The number of nitrogens with two attached hydrogens (primary N) is 1. The van der Waals surface area contributed by atoms with Gasteiger partial charge in [0, 0.05) is 30.6 Å². The lowest BCUT2D eigenvalue weighted by Crippen LogP contribution is -2.22. The molecule has 0 spiro atoms. The van der Waals surface area contributed by atoms with Gasteiger partial charge in [-0.3, -0.25) is 0 Å². The molecule has 90 valence electrons. The summed E-state index contributed by atoms with van der Waals surface area (Å²) < 4.78 is 0. The van der Waals surface area contributed by atoms with Crippen LogP contribution in [0.4, 0.5) is 11.5 Å². The van der Waals surface area contributed by atoms with E-state index in [4.69, 9.17) is 22.4 Å². The molecule has 0 saturated heterocycles. The molecule has 0 saturated carbocycles. The highest BCUT2D eigenvalue weighted by molar-refractivity contribution is 6.34. The Morgan fingerprint density at radius 2 is 2.12 bits per heavy atom. The Morgan fingerprint density at radius 1 is 1.35 bits per heavy atom. The van der Waals surface area contributed by atoms with Crippen LogP contribution in [0.2, 0.25) is 5.02 Å². The normalized spacial score (nSPS) is 10.8. The molecule has 0 unspecified atom stereocenters. The molecule has 5 heteroatoms. The number of halogens is 1. The average Bonchev–Trinajstić information content (AvgIpc) is 2.33. The second-order valence-corrected chi connectivity index (χ2v) is 4.24. The first-order chi connectivity index (χ1) is 8.15. The second-order valence-electron chi connectivity index (χ2n) is 3.84. The second kappa shape index (κ2) is 4.77. The minimum Gasteiger partial charge on any atom is -0.397 e. The van der Waals surface area contributed by atoms with Gasteiger partial charge in [-0.1, -0.05) is 11.6 Å². The number of aromatic nitrogens is 1.